The molecular weight excluding hydrogens is 260 g/mol. The highest BCUT2D eigenvalue weighted by Gasteiger charge is 2.34. The summed E-state index contributed by atoms with van der Waals surface area (Å²) in [5.74, 6) is -1.32. The van der Waals surface area contributed by atoms with Gasteiger partial charge < -0.3 is 5.11 Å². The molecule has 5 heteroatoms. The molecule has 1 aromatic rings. The van der Waals surface area contributed by atoms with Crippen molar-refractivity contribution in [2.75, 3.05) is 0 Å². The Bertz CT molecular complexity index is 432. The zero-order valence-electron chi connectivity index (χ0n) is 11.2. The van der Waals surface area contributed by atoms with Crippen LogP contribution in [-0.4, -0.2) is 5.11 Å². The second kappa shape index (κ2) is 5.49. The minimum absolute atomic E-state index is 0.0200. The first-order valence-corrected chi connectivity index (χ1v) is 6.05. The van der Waals surface area contributed by atoms with Crippen molar-refractivity contribution in [1.29, 1.82) is 0 Å². The maximum absolute atomic E-state index is 13.1. The van der Waals surface area contributed by atoms with E-state index in [0.29, 0.717) is 18.9 Å². The second-order valence-electron chi connectivity index (χ2n) is 5.85. The minimum Gasteiger partial charge on any atom is -0.388 e. The summed E-state index contributed by atoms with van der Waals surface area (Å²) in [7, 11) is 0. The van der Waals surface area contributed by atoms with E-state index in [9.17, 15) is 22.7 Å². The number of alkyl halides is 3. The fraction of sp³-hybridized carbons (Fsp3) is 0.571. The van der Waals surface area contributed by atoms with Crippen molar-refractivity contribution in [3.8, 4) is 0 Å². The minimum atomic E-state index is -4.75. The highest BCUT2D eigenvalue weighted by molar-refractivity contribution is 5.28. The molecule has 0 saturated heterocycles. The van der Waals surface area contributed by atoms with Crippen molar-refractivity contribution in [3.05, 3.63) is 35.1 Å². The Morgan fingerprint density at radius 3 is 2.21 bits per heavy atom. The van der Waals surface area contributed by atoms with Crippen molar-refractivity contribution in [3.63, 3.8) is 0 Å². The third-order valence-corrected chi connectivity index (χ3v) is 2.85. The highest BCUT2D eigenvalue weighted by Crippen LogP contribution is 2.34. The van der Waals surface area contributed by atoms with E-state index in [1.54, 1.807) is 0 Å². The lowest BCUT2D eigenvalue weighted by atomic mass is 9.88. The fourth-order valence-corrected chi connectivity index (χ4v) is 1.70. The fourth-order valence-electron chi connectivity index (χ4n) is 1.70. The Kier molecular flexibility index (Phi) is 4.61. The second-order valence-corrected chi connectivity index (χ2v) is 5.85. The molecule has 0 aliphatic carbocycles. The maximum atomic E-state index is 13.1. The molecule has 0 spiro atoms. The van der Waals surface area contributed by atoms with Gasteiger partial charge in [-0.05, 0) is 36.0 Å². The normalized spacial score (nSPS) is 14.5. The summed E-state index contributed by atoms with van der Waals surface area (Å²) in [5, 5.41) is 9.88. The molecule has 108 valence electrons. The van der Waals surface area contributed by atoms with Gasteiger partial charge in [-0.2, -0.15) is 13.2 Å². The van der Waals surface area contributed by atoms with Crippen molar-refractivity contribution >= 4 is 0 Å². The first kappa shape index (κ1) is 16.0. The van der Waals surface area contributed by atoms with E-state index >= 15 is 0 Å². The molecule has 0 aliphatic rings. The lowest BCUT2D eigenvalue weighted by molar-refractivity contribution is -0.140. The third kappa shape index (κ3) is 4.82. The molecule has 0 heterocycles. The topological polar surface area (TPSA) is 20.2 Å². The first-order valence-electron chi connectivity index (χ1n) is 6.05. The van der Waals surface area contributed by atoms with E-state index in [1.165, 1.54) is 6.07 Å². The van der Waals surface area contributed by atoms with Crippen LogP contribution < -0.4 is 0 Å². The van der Waals surface area contributed by atoms with Crippen molar-refractivity contribution in [1.82, 2.24) is 0 Å². The molecule has 1 nitrogen and oxygen atoms in total. The molecule has 1 aromatic carbocycles. The van der Waals surface area contributed by atoms with Crippen molar-refractivity contribution < 1.29 is 22.7 Å². The molecule has 0 aliphatic heterocycles. The van der Waals surface area contributed by atoms with Gasteiger partial charge in [-0.1, -0.05) is 26.8 Å². The molecule has 0 fully saturated rings. The predicted molar refractivity (Wildman–Crippen MR) is 65.1 cm³/mol. The van der Waals surface area contributed by atoms with Gasteiger partial charge in [0.25, 0.3) is 0 Å². The van der Waals surface area contributed by atoms with Crippen LogP contribution in [0.25, 0.3) is 0 Å². The molecule has 1 atom stereocenters. The van der Waals surface area contributed by atoms with Gasteiger partial charge in [0.05, 0.1) is 11.7 Å². The number of benzene rings is 1. The standard InChI is InChI=1S/C14H18F4O/c1-13(2,3)7-6-12(19)9-4-5-11(15)10(8-9)14(16,17)18/h4-5,8,12,19H,6-7H2,1-3H3. The zero-order valence-corrected chi connectivity index (χ0v) is 11.2. The largest absolute Gasteiger partial charge is 0.419 e. The lowest BCUT2D eigenvalue weighted by Gasteiger charge is -2.21. The molecule has 1 rings (SSSR count). The molecule has 0 aromatic heterocycles. The monoisotopic (exact) mass is 278 g/mol. The first-order chi connectivity index (χ1) is 8.50. The summed E-state index contributed by atoms with van der Waals surface area (Å²) >= 11 is 0. The van der Waals surface area contributed by atoms with Crippen LogP contribution in [0.15, 0.2) is 18.2 Å². The molecule has 1 unspecified atom stereocenters. The number of aliphatic hydroxyl groups is 1. The van der Waals surface area contributed by atoms with Gasteiger partial charge in [0.2, 0.25) is 0 Å². The number of hydrogen-bond acceptors (Lipinski definition) is 1. The van der Waals surface area contributed by atoms with E-state index in [-0.39, 0.29) is 11.0 Å². The van der Waals surface area contributed by atoms with Crippen molar-refractivity contribution in [2.45, 2.75) is 45.9 Å². The average molecular weight is 278 g/mol. The summed E-state index contributed by atoms with van der Waals surface area (Å²) in [4.78, 5) is 0. The van der Waals surface area contributed by atoms with Crippen LogP contribution in [0.5, 0.6) is 0 Å². The highest BCUT2D eigenvalue weighted by atomic mass is 19.4. The third-order valence-electron chi connectivity index (χ3n) is 2.85. The Labute approximate surface area is 110 Å². The lowest BCUT2D eigenvalue weighted by Crippen LogP contribution is -2.11. The summed E-state index contributed by atoms with van der Waals surface area (Å²) in [6, 6.07) is 2.62. The number of rotatable bonds is 3. The Morgan fingerprint density at radius 1 is 1.16 bits per heavy atom. The Hall–Kier alpha value is -1.10. The van der Waals surface area contributed by atoms with Crippen LogP contribution >= 0.6 is 0 Å². The van der Waals surface area contributed by atoms with Crippen LogP contribution in [0.3, 0.4) is 0 Å². The molecule has 0 saturated carbocycles. The van der Waals surface area contributed by atoms with E-state index in [1.807, 2.05) is 20.8 Å². The summed E-state index contributed by atoms with van der Waals surface area (Å²) < 4.78 is 50.7. The number of aliphatic hydroxyl groups excluding tert-OH is 1. The van der Waals surface area contributed by atoms with Crippen LogP contribution in [0, 0.1) is 11.2 Å². The Morgan fingerprint density at radius 2 is 1.74 bits per heavy atom. The van der Waals surface area contributed by atoms with Gasteiger partial charge in [-0.15, -0.1) is 0 Å². The van der Waals surface area contributed by atoms with E-state index in [0.717, 1.165) is 6.07 Å². The summed E-state index contributed by atoms with van der Waals surface area (Å²) in [6.07, 6.45) is -4.76. The van der Waals surface area contributed by atoms with Gasteiger partial charge in [-0.25, -0.2) is 4.39 Å². The number of hydrogen-bond donors (Lipinski definition) is 1. The van der Waals surface area contributed by atoms with Crippen molar-refractivity contribution in [2.24, 2.45) is 5.41 Å². The zero-order chi connectivity index (χ0) is 14.8. The van der Waals surface area contributed by atoms with Gasteiger partial charge in [0, 0.05) is 0 Å². The number of halogens is 4. The van der Waals surface area contributed by atoms with Gasteiger partial charge >= 0.3 is 6.18 Å². The van der Waals surface area contributed by atoms with Gasteiger partial charge in [-0.3, -0.25) is 0 Å². The Balaban J connectivity index is 2.90. The molecule has 0 radical (unpaired) electrons. The quantitative estimate of drug-likeness (QED) is 0.794. The van der Waals surface area contributed by atoms with E-state index < -0.39 is 23.7 Å². The maximum Gasteiger partial charge on any atom is 0.419 e. The SMILES string of the molecule is CC(C)(C)CCC(O)c1ccc(F)c(C(F)(F)F)c1. The van der Waals surface area contributed by atoms with E-state index in [4.69, 9.17) is 0 Å². The van der Waals surface area contributed by atoms with Crippen LogP contribution in [0.2, 0.25) is 0 Å². The summed E-state index contributed by atoms with van der Waals surface area (Å²) in [6.45, 7) is 5.93. The molecule has 19 heavy (non-hydrogen) atoms. The van der Waals surface area contributed by atoms with Gasteiger partial charge in [0.15, 0.2) is 0 Å². The van der Waals surface area contributed by atoms with Crippen LogP contribution in [0.4, 0.5) is 17.6 Å². The molecular formula is C14H18F4O. The predicted octanol–water partition coefficient (Wildman–Crippen LogP) is 4.70. The van der Waals surface area contributed by atoms with E-state index in [2.05, 4.69) is 0 Å². The van der Waals surface area contributed by atoms with Gasteiger partial charge in [0.1, 0.15) is 5.82 Å². The summed E-state index contributed by atoms with van der Waals surface area (Å²) in [5.41, 5.74) is -1.26. The van der Waals surface area contributed by atoms with Crippen LogP contribution in [0.1, 0.15) is 50.8 Å². The molecule has 0 amide bonds. The molecule has 0 bridgehead atoms. The molecule has 1 N–H and O–H groups in total. The average Bonchev–Trinajstić information content (AvgIpc) is 2.24. The van der Waals surface area contributed by atoms with Crippen LogP contribution in [-0.2, 0) is 6.18 Å². The smallest absolute Gasteiger partial charge is 0.388 e.